The van der Waals surface area contributed by atoms with Gasteiger partial charge in [-0.25, -0.2) is 0 Å². The van der Waals surface area contributed by atoms with Gasteiger partial charge in [-0.15, -0.1) is 12.4 Å². The maximum atomic E-state index is 12.7. The van der Waals surface area contributed by atoms with Crippen LogP contribution in [0.15, 0.2) is 16.7 Å². The lowest BCUT2D eigenvalue weighted by Crippen LogP contribution is -2.44. The van der Waals surface area contributed by atoms with E-state index in [1.165, 1.54) is 6.42 Å². The van der Waals surface area contributed by atoms with Crippen molar-refractivity contribution in [1.82, 2.24) is 14.8 Å². The van der Waals surface area contributed by atoms with E-state index in [1.807, 2.05) is 21.7 Å². The summed E-state index contributed by atoms with van der Waals surface area (Å²) in [5, 5.41) is 3.47. The maximum Gasteiger partial charge on any atom is 0.270 e. The molecule has 1 amide bonds. The minimum absolute atomic E-state index is 0. The third-order valence-electron chi connectivity index (χ3n) is 4.87. The average Bonchev–Trinajstić information content (AvgIpc) is 3.06. The summed E-state index contributed by atoms with van der Waals surface area (Å²) in [6.45, 7) is 6.96. The minimum Gasteiger partial charge on any atom is -0.343 e. The number of likely N-dealkylation sites (tertiary alicyclic amines) is 1. The number of carbonyl (C=O) groups is 1. The van der Waals surface area contributed by atoms with Crippen LogP contribution in [0.4, 0.5) is 0 Å². The van der Waals surface area contributed by atoms with Gasteiger partial charge in [0.05, 0.1) is 0 Å². The van der Waals surface area contributed by atoms with Crippen LogP contribution in [0, 0.1) is 5.41 Å². The van der Waals surface area contributed by atoms with E-state index >= 15 is 0 Å². The molecule has 2 saturated heterocycles. The molecule has 1 N–H and O–H groups in total. The van der Waals surface area contributed by atoms with E-state index in [2.05, 4.69) is 28.2 Å². The third kappa shape index (κ3) is 3.30. The van der Waals surface area contributed by atoms with Gasteiger partial charge >= 0.3 is 0 Å². The topological polar surface area (TPSA) is 37.3 Å². The SMILES string of the molecule is CCn1cc(Br)cc1C(=O)N1CCC2(CCNC2)CC1.Cl. The second-order valence-corrected chi connectivity index (χ2v) is 6.96. The number of rotatable bonds is 2. The second kappa shape index (κ2) is 6.71. The summed E-state index contributed by atoms with van der Waals surface area (Å²) in [5.41, 5.74) is 1.27. The molecule has 6 heteroatoms. The molecule has 1 spiro atoms. The van der Waals surface area contributed by atoms with Crippen LogP contribution in [0.1, 0.15) is 36.7 Å². The van der Waals surface area contributed by atoms with E-state index in [-0.39, 0.29) is 18.3 Å². The first-order valence-corrected chi connectivity index (χ1v) is 8.28. The van der Waals surface area contributed by atoms with Gasteiger partial charge in [-0.1, -0.05) is 0 Å². The van der Waals surface area contributed by atoms with Crippen molar-refractivity contribution in [3.05, 3.63) is 22.4 Å². The summed E-state index contributed by atoms with van der Waals surface area (Å²) in [7, 11) is 0. The zero-order chi connectivity index (χ0) is 14.2. The first kappa shape index (κ1) is 16.8. The zero-order valence-electron chi connectivity index (χ0n) is 12.4. The Morgan fingerprint density at radius 2 is 2.10 bits per heavy atom. The van der Waals surface area contributed by atoms with E-state index in [1.54, 1.807) is 0 Å². The smallest absolute Gasteiger partial charge is 0.270 e. The molecule has 3 rings (SSSR count). The largest absolute Gasteiger partial charge is 0.343 e. The Kier molecular flexibility index (Phi) is 5.38. The van der Waals surface area contributed by atoms with Gasteiger partial charge in [-0.2, -0.15) is 0 Å². The van der Waals surface area contributed by atoms with E-state index in [4.69, 9.17) is 0 Å². The molecular formula is C15H23BrClN3O. The van der Waals surface area contributed by atoms with Crippen molar-refractivity contribution in [1.29, 1.82) is 0 Å². The highest BCUT2D eigenvalue weighted by atomic mass is 79.9. The van der Waals surface area contributed by atoms with Crippen LogP contribution in [-0.2, 0) is 6.54 Å². The summed E-state index contributed by atoms with van der Waals surface area (Å²) in [4.78, 5) is 14.7. The molecule has 3 heterocycles. The molecule has 0 radical (unpaired) electrons. The van der Waals surface area contributed by atoms with Gasteiger partial charge in [0.2, 0.25) is 0 Å². The van der Waals surface area contributed by atoms with Gasteiger partial charge in [-0.05, 0) is 60.1 Å². The van der Waals surface area contributed by atoms with Gasteiger partial charge in [0.1, 0.15) is 5.69 Å². The van der Waals surface area contributed by atoms with Gasteiger partial charge in [0.25, 0.3) is 5.91 Å². The zero-order valence-corrected chi connectivity index (χ0v) is 14.8. The Morgan fingerprint density at radius 1 is 1.38 bits per heavy atom. The molecule has 1 aromatic rings. The predicted octanol–water partition coefficient (Wildman–Crippen LogP) is 2.91. The molecule has 21 heavy (non-hydrogen) atoms. The van der Waals surface area contributed by atoms with Crippen molar-refractivity contribution < 1.29 is 4.79 Å². The van der Waals surface area contributed by atoms with E-state index in [0.29, 0.717) is 5.41 Å². The molecule has 0 saturated carbocycles. The molecule has 0 aromatic carbocycles. The Balaban J connectivity index is 0.00000161. The number of aromatic nitrogens is 1. The number of aryl methyl sites for hydroxylation is 1. The maximum absolute atomic E-state index is 12.7. The van der Waals surface area contributed by atoms with Crippen molar-refractivity contribution in [2.75, 3.05) is 26.2 Å². The Hall–Kier alpha value is -0.520. The fraction of sp³-hybridized carbons (Fsp3) is 0.667. The van der Waals surface area contributed by atoms with Crippen molar-refractivity contribution in [3.8, 4) is 0 Å². The second-order valence-electron chi connectivity index (χ2n) is 6.05. The highest BCUT2D eigenvalue weighted by molar-refractivity contribution is 9.10. The first-order valence-electron chi connectivity index (χ1n) is 7.49. The van der Waals surface area contributed by atoms with Crippen LogP contribution < -0.4 is 5.32 Å². The average molecular weight is 377 g/mol. The Bertz CT molecular complexity index is 501. The lowest BCUT2D eigenvalue weighted by molar-refractivity contribution is 0.0597. The normalized spacial score (nSPS) is 20.6. The number of carbonyl (C=O) groups excluding carboxylic acids is 1. The number of hydrogen-bond acceptors (Lipinski definition) is 2. The molecule has 0 aliphatic carbocycles. The van der Waals surface area contributed by atoms with Crippen molar-refractivity contribution in [2.45, 2.75) is 32.7 Å². The number of hydrogen-bond donors (Lipinski definition) is 1. The lowest BCUT2D eigenvalue weighted by Gasteiger charge is -2.38. The summed E-state index contributed by atoms with van der Waals surface area (Å²) < 4.78 is 3.00. The number of nitrogens with zero attached hydrogens (tertiary/aromatic N) is 2. The minimum atomic E-state index is 0. The van der Waals surface area contributed by atoms with Crippen LogP contribution in [0.2, 0.25) is 0 Å². The molecule has 4 nitrogen and oxygen atoms in total. The number of piperidine rings is 1. The Morgan fingerprint density at radius 3 is 2.67 bits per heavy atom. The molecule has 2 fully saturated rings. The highest BCUT2D eigenvalue weighted by Crippen LogP contribution is 2.37. The first-order chi connectivity index (χ1) is 9.63. The summed E-state index contributed by atoms with van der Waals surface area (Å²) in [6, 6.07) is 1.94. The standard InChI is InChI=1S/C15H22BrN3O.ClH/c1-2-18-10-12(16)9-13(18)14(20)19-7-4-15(5-8-19)3-6-17-11-15;/h9-10,17H,2-8,11H2,1H3;1H. The van der Waals surface area contributed by atoms with Crippen molar-refractivity contribution in [2.24, 2.45) is 5.41 Å². The summed E-state index contributed by atoms with van der Waals surface area (Å²) >= 11 is 3.47. The van der Waals surface area contributed by atoms with E-state index < -0.39 is 0 Å². The summed E-state index contributed by atoms with van der Waals surface area (Å²) in [6.07, 6.45) is 5.53. The lowest BCUT2D eigenvalue weighted by atomic mass is 9.78. The fourth-order valence-corrected chi connectivity index (χ4v) is 3.95. The van der Waals surface area contributed by atoms with E-state index in [9.17, 15) is 4.79 Å². The van der Waals surface area contributed by atoms with Crippen LogP contribution in [0.5, 0.6) is 0 Å². The predicted molar refractivity (Wildman–Crippen MR) is 90.1 cm³/mol. The van der Waals surface area contributed by atoms with Crippen LogP contribution in [-0.4, -0.2) is 41.6 Å². The third-order valence-corrected chi connectivity index (χ3v) is 5.30. The summed E-state index contributed by atoms with van der Waals surface area (Å²) in [5.74, 6) is 0.179. The monoisotopic (exact) mass is 375 g/mol. The van der Waals surface area contributed by atoms with Crippen LogP contribution in [0.3, 0.4) is 0 Å². The molecular weight excluding hydrogens is 354 g/mol. The molecule has 2 aliphatic heterocycles. The van der Waals surface area contributed by atoms with Crippen molar-refractivity contribution in [3.63, 3.8) is 0 Å². The quantitative estimate of drug-likeness (QED) is 0.862. The van der Waals surface area contributed by atoms with Crippen molar-refractivity contribution >= 4 is 34.2 Å². The highest BCUT2D eigenvalue weighted by Gasteiger charge is 2.38. The number of amides is 1. The number of nitrogens with one attached hydrogen (secondary N) is 1. The van der Waals surface area contributed by atoms with Gasteiger partial charge in [-0.3, -0.25) is 4.79 Å². The Labute approximate surface area is 140 Å². The number of halogens is 2. The molecule has 0 bridgehead atoms. The van der Waals surface area contributed by atoms with Crippen LogP contribution in [0.25, 0.3) is 0 Å². The molecule has 118 valence electrons. The molecule has 0 unspecified atom stereocenters. The molecule has 1 aromatic heterocycles. The van der Waals surface area contributed by atoms with E-state index in [0.717, 1.165) is 55.7 Å². The van der Waals surface area contributed by atoms with Gasteiger partial charge in [0.15, 0.2) is 0 Å². The van der Waals surface area contributed by atoms with Crippen LogP contribution >= 0.6 is 28.3 Å². The molecule has 2 aliphatic rings. The fourth-order valence-electron chi connectivity index (χ4n) is 3.48. The van der Waals surface area contributed by atoms with Gasteiger partial charge in [0, 0.05) is 36.8 Å². The van der Waals surface area contributed by atoms with Gasteiger partial charge < -0.3 is 14.8 Å². The molecule has 0 atom stereocenters.